The number of hydrogen-bond donors (Lipinski definition) is 2. The molecule has 0 unspecified atom stereocenters. The van der Waals surface area contributed by atoms with Crippen LogP contribution < -0.4 is 5.32 Å². The molecule has 4 heteroatoms. The SMILES string of the molecule is CCc1ccc(CCNC(=O)CCc2ccc(C(=O)O)cc2)cc1. The van der Waals surface area contributed by atoms with Crippen molar-refractivity contribution < 1.29 is 14.7 Å². The molecule has 0 spiro atoms. The fraction of sp³-hybridized carbons (Fsp3) is 0.300. The molecular formula is C20H23NO3. The van der Waals surface area contributed by atoms with E-state index in [-0.39, 0.29) is 11.5 Å². The number of carbonyl (C=O) groups excluding carboxylic acids is 1. The first-order valence-electron chi connectivity index (χ1n) is 8.25. The van der Waals surface area contributed by atoms with Crippen molar-refractivity contribution in [3.63, 3.8) is 0 Å². The normalized spacial score (nSPS) is 10.4. The van der Waals surface area contributed by atoms with Crippen LogP contribution in [-0.4, -0.2) is 23.5 Å². The molecular weight excluding hydrogens is 302 g/mol. The Morgan fingerprint density at radius 3 is 2.00 bits per heavy atom. The third-order valence-corrected chi connectivity index (χ3v) is 4.01. The molecule has 0 aromatic heterocycles. The van der Waals surface area contributed by atoms with Gasteiger partial charge in [0.15, 0.2) is 0 Å². The van der Waals surface area contributed by atoms with Gasteiger partial charge in [-0.3, -0.25) is 4.79 Å². The minimum atomic E-state index is -0.939. The fourth-order valence-corrected chi connectivity index (χ4v) is 2.45. The first kappa shape index (κ1) is 17.7. The van der Waals surface area contributed by atoms with Crippen LogP contribution in [0.3, 0.4) is 0 Å². The predicted octanol–water partition coefficient (Wildman–Crippen LogP) is 3.24. The summed E-state index contributed by atoms with van der Waals surface area (Å²) in [5, 5.41) is 11.8. The van der Waals surface area contributed by atoms with Crippen LogP contribution in [0.1, 0.15) is 40.4 Å². The Morgan fingerprint density at radius 1 is 0.875 bits per heavy atom. The Hall–Kier alpha value is -2.62. The van der Waals surface area contributed by atoms with Gasteiger partial charge in [0.1, 0.15) is 0 Å². The van der Waals surface area contributed by atoms with Crippen molar-refractivity contribution in [2.45, 2.75) is 32.6 Å². The Balaban J connectivity index is 1.70. The van der Waals surface area contributed by atoms with Gasteiger partial charge < -0.3 is 10.4 Å². The lowest BCUT2D eigenvalue weighted by Gasteiger charge is -2.06. The van der Waals surface area contributed by atoms with Crippen LogP contribution in [0.15, 0.2) is 48.5 Å². The molecule has 2 rings (SSSR count). The Kier molecular flexibility index (Phi) is 6.55. The molecule has 0 saturated heterocycles. The summed E-state index contributed by atoms with van der Waals surface area (Å²) >= 11 is 0. The molecule has 0 bridgehead atoms. The van der Waals surface area contributed by atoms with Gasteiger partial charge in [-0.05, 0) is 48.1 Å². The Bertz CT molecular complexity index is 675. The predicted molar refractivity (Wildman–Crippen MR) is 94.3 cm³/mol. The molecule has 0 aliphatic carbocycles. The van der Waals surface area contributed by atoms with Crippen LogP contribution in [0.5, 0.6) is 0 Å². The number of amides is 1. The second-order valence-electron chi connectivity index (χ2n) is 5.77. The van der Waals surface area contributed by atoms with E-state index in [2.05, 4.69) is 36.5 Å². The number of aromatic carboxylic acids is 1. The largest absolute Gasteiger partial charge is 0.478 e. The molecule has 2 N–H and O–H groups in total. The molecule has 0 atom stereocenters. The summed E-state index contributed by atoms with van der Waals surface area (Å²) in [5.41, 5.74) is 3.76. The molecule has 24 heavy (non-hydrogen) atoms. The number of nitrogens with one attached hydrogen (secondary N) is 1. The van der Waals surface area contributed by atoms with E-state index in [9.17, 15) is 9.59 Å². The first-order chi connectivity index (χ1) is 11.6. The standard InChI is InChI=1S/C20H23NO3/c1-2-15-3-5-17(6-4-15)13-14-21-19(22)12-9-16-7-10-18(11-8-16)20(23)24/h3-8,10-11H,2,9,12-14H2,1H3,(H,21,22)(H,23,24). The van der Waals surface area contributed by atoms with Crippen molar-refractivity contribution in [1.29, 1.82) is 0 Å². The molecule has 4 nitrogen and oxygen atoms in total. The van der Waals surface area contributed by atoms with Gasteiger partial charge in [-0.2, -0.15) is 0 Å². The average molecular weight is 325 g/mol. The van der Waals surface area contributed by atoms with Gasteiger partial charge in [0, 0.05) is 13.0 Å². The third-order valence-electron chi connectivity index (χ3n) is 4.01. The van der Waals surface area contributed by atoms with Crippen molar-refractivity contribution in [3.8, 4) is 0 Å². The maximum absolute atomic E-state index is 11.9. The zero-order valence-electron chi connectivity index (χ0n) is 13.9. The third kappa shape index (κ3) is 5.54. The zero-order chi connectivity index (χ0) is 17.4. The number of benzene rings is 2. The summed E-state index contributed by atoms with van der Waals surface area (Å²) in [7, 11) is 0. The molecule has 0 aliphatic heterocycles. The highest BCUT2D eigenvalue weighted by Gasteiger charge is 2.05. The van der Waals surface area contributed by atoms with Crippen molar-refractivity contribution in [3.05, 3.63) is 70.8 Å². The minimum absolute atomic E-state index is 0.0162. The van der Waals surface area contributed by atoms with Crippen LogP contribution in [0.25, 0.3) is 0 Å². The van der Waals surface area contributed by atoms with Crippen molar-refractivity contribution in [2.24, 2.45) is 0 Å². The van der Waals surface area contributed by atoms with Gasteiger partial charge in [-0.25, -0.2) is 4.79 Å². The first-order valence-corrected chi connectivity index (χ1v) is 8.25. The Labute approximate surface area is 142 Å². The van der Waals surface area contributed by atoms with Gasteiger partial charge in [0.2, 0.25) is 5.91 Å². The van der Waals surface area contributed by atoms with E-state index in [1.165, 1.54) is 11.1 Å². The molecule has 0 saturated carbocycles. The second kappa shape index (κ2) is 8.87. The van der Waals surface area contributed by atoms with Crippen LogP contribution in [0.2, 0.25) is 0 Å². The molecule has 1 amide bonds. The Morgan fingerprint density at radius 2 is 1.42 bits per heavy atom. The fourth-order valence-electron chi connectivity index (χ4n) is 2.45. The van der Waals surface area contributed by atoms with E-state index in [1.807, 2.05) is 0 Å². The lowest BCUT2D eigenvalue weighted by atomic mass is 10.1. The van der Waals surface area contributed by atoms with Crippen LogP contribution in [0, 0.1) is 0 Å². The van der Waals surface area contributed by atoms with Crippen molar-refractivity contribution in [2.75, 3.05) is 6.54 Å². The number of hydrogen-bond acceptors (Lipinski definition) is 2. The van der Waals surface area contributed by atoms with Gasteiger partial charge in [-0.1, -0.05) is 43.3 Å². The van der Waals surface area contributed by atoms with Crippen LogP contribution in [-0.2, 0) is 24.1 Å². The minimum Gasteiger partial charge on any atom is -0.478 e. The summed E-state index contributed by atoms with van der Waals surface area (Å²) in [6, 6.07) is 15.1. The second-order valence-corrected chi connectivity index (χ2v) is 5.77. The van der Waals surface area contributed by atoms with E-state index >= 15 is 0 Å². The topological polar surface area (TPSA) is 66.4 Å². The van der Waals surface area contributed by atoms with Gasteiger partial charge >= 0.3 is 5.97 Å². The molecule has 126 valence electrons. The van der Waals surface area contributed by atoms with Gasteiger partial charge in [-0.15, -0.1) is 0 Å². The highest BCUT2D eigenvalue weighted by molar-refractivity contribution is 5.87. The summed E-state index contributed by atoms with van der Waals surface area (Å²) < 4.78 is 0. The molecule has 0 fully saturated rings. The number of carboxylic acids is 1. The monoisotopic (exact) mass is 325 g/mol. The molecule has 0 radical (unpaired) electrons. The molecule has 2 aromatic rings. The van der Waals surface area contributed by atoms with Gasteiger partial charge in [0.25, 0.3) is 0 Å². The molecule has 2 aromatic carbocycles. The smallest absolute Gasteiger partial charge is 0.335 e. The van der Waals surface area contributed by atoms with E-state index < -0.39 is 5.97 Å². The maximum Gasteiger partial charge on any atom is 0.335 e. The van der Waals surface area contributed by atoms with E-state index in [1.54, 1.807) is 24.3 Å². The number of carbonyl (C=O) groups is 2. The van der Waals surface area contributed by atoms with Crippen molar-refractivity contribution in [1.82, 2.24) is 5.32 Å². The highest BCUT2D eigenvalue weighted by Crippen LogP contribution is 2.07. The highest BCUT2D eigenvalue weighted by atomic mass is 16.4. The number of rotatable bonds is 8. The lowest BCUT2D eigenvalue weighted by molar-refractivity contribution is -0.121. The van der Waals surface area contributed by atoms with Crippen LogP contribution >= 0.6 is 0 Å². The quantitative estimate of drug-likeness (QED) is 0.783. The summed E-state index contributed by atoms with van der Waals surface area (Å²) in [4.78, 5) is 22.7. The van der Waals surface area contributed by atoms with E-state index in [0.717, 1.165) is 18.4 Å². The zero-order valence-corrected chi connectivity index (χ0v) is 13.9. The molecule has 0 aliphatic rings. The van der Waals surface area contributed by atoms with Crippen LogP contribution in [0.4, 0.5) is 0 Å². The summed E-state index contributed by atoms with van der Waals surface area (Å²) in [5.74, 6) is -0.922. The van der Waals surface area contributed by atoms with Gasteiger partial charge in [0.05, 0.1) is 5.56 Å². The number of carboxylic acid groups (broad SMARTS) is 1. The lowest BCUT2D eigenvalue weighted by Crippen LogP contribution is -2.25. The molecule has 0 heterocycles. The maximum atomic E-state index is 11.9. The summed E-state index contributed by atoms with van der Waals surface area (Å²) in [6.07, 6.45) is 2.87. The van der Waals surface area contributed by atoms with E-state index in [4.69, 9.17) is 5.11 Å². The number of aryl methyl sites for hydroxylation is 2. The average Bonchev–Trinajstić information content (AvgIpc) is 2.61. The van der Waals surface area contributed by atoms with Crippen molar-refractivity contribution >= 4 is 11.9 Å². The van der Waals surface area contributed by atoms with E-state index in [0.29, 0.717) is 19.4 Å². The summed E-state index contributed by atoms with van der Waals surface area (Å²) in [6.45, 7) is 2.76.